The molecule has 0 radical (unpaired) electrons. The predicted octanol–water partition coefficient (Wildman–Crippen LogP) is 5.37. The normalized spacial score (nSPS) is 10.5. The second-order valence-corrected chi connectivity index (χ2v) is 5.02. The summed E-state index contributed by atoms with van der Waals surface area (Å²) in [4.78, 5) is 4.07. The van der Waals surface area contributed by atoms with E-state index in [0.29, 0.717) is 32.1 Å². The van der Waals surface area contributed by atoms with Gasteiger partial charge in [0.25, 0.3) is 0 Å². The summed E-state index contributed by atoms with van der Waals surface area (Å²) >= 11 is 24.1. The first kappa shape index (κ1) is 13.8. The Hall–Kier alpha value is -0.670. The number of pyridine rings is 1. The van der Waals surface area contributed by atoms with Crippen LogP contribution in [-0.4, -0.2) is 12.1 Å². The van der Waals surface area contributed by atoms with Crippen molar-refractivity contribution in [1.29, 1.82) is 0 Å². The second kappa shape index (κ2) is 5.54. The van der Waals surface area contributed by atoms with Crippen molar-refractivity contribution in [3.05, 3.63) is 44.5 Å². The van der Waals surface area contributed by atoms with E-state index in [-0.39, 0.29) is 5.15 Å². The molecular weight excluding hydrogens is 316 g/mol. The van der Waals surface area contributed by atoms with Gasteiger partial charge in [0.1, 0.15) is 5.15 Å². The van der Waals surface area contributed by atoms with Crippen LogP contribution >= 0.6 is 46.4 Å². The third-order valence-electron chi connectivity index (χ3n) is 2.32. The van der Waals surface area contributed by atoms with Gasteiger partial charge < -0.3 is 4.74 Å². The van der Waals surface area contributed by atoms with Gasteiger partial charge >= 0.3 is 0 Å². The molecule has 0 bridgehead atoms. The van der Waals surface area contributed by atoms with Crippen LogP contribution in [0.1, 0.15) is 0 Å². The first-order chi connectivity index (χ1) is 8.52. The highest BCUT2D eigenvalue weighted by Crippen LogP contribution is 2.39. The Labute approximate surface area is 124 Å². The van der Waals surface area contributed by atoms with E-state index in [1.165, 1.54) is 7.11 Å². The van der Waals surface area contributed by atoms with Gasteiger partial charge in [-0.25, -0.2) is 4.98 Å². The summed E-state index contributed by atoms with van der Waals surface area (Å²) in [6, 6.07) is 6.69. The van der Waals surface area contributed by atoms with Gasteiger partial charge in [-0.05, 0) is 18.2 Å². The molecule has 6 heteroatoms. The molecule has 2 aromatic rings. The van der Waals surface area contributed by atoms with E-state index >= 15 is 0 Å². The number of nitrogens with zero attached hydrogens (tertiary/aromatic N) is 1. The molecule has 1 aromatic carbocycles. The van der Waals surface area contributed by atoms with Crippen molar-refractivity contribution >= 4 is 46.4 Å². The molecule has 0 fully saturated rings. The van der Waals surface area contributed by atoms with Crippen LogP contribution in [0.15, 0.2) is 24.3 Å². The fourth-order valence-electron chi connectivity index (χ4n) is 1.48. The minimum Gasteiger partial charge on any atom is -0.481 e. The van der Waals surface area contributed by atoms with Crippen molar-refractivity contribution in [3.8, 4) is 17.0 Å². The maximum atomic E-state index is 6.14. The average Bonchev–Trinajstić information content (AvgIpc) is 2.34. The largest absolute Gasteiger partial charge is 0.481 e. The molecule has 0 N–H and O–H groups in total. The van der Waals surface area contributed by atoms with Gasteiger partial charge in [-0.15, -0.1) is 0 Å². The summed E-state index contributed by atoms with van der Waals surface area (Å²) in [5.74, 6) is 0.424. The van der Waals surface area contributed by atoms with Crippen LogP contribution in [0.2, 0.25) is 20.2 Å². The van der Waals surface area contributed by atoms with Crippen LogP contribution in [0.5, 0.6) is 5.88 Å². The molecule has 0 aliphatic carbocycles. The summed E-state index contributed by atoms with van der Waals surface area (Å²) in [6.45, 7) is 0. The summed E-state index contributed by atoms with van der Waals surface area (Å²) in [5.41, 5.74) is 1.28. The van der Waals surface area contributed by atoms with Gasteiger partial charge in [-0.3, -0.25) is 0 Å². The highest BCUT2D eigenvalue weighted by Gasteiger charge is 2.13. The molecule has 1 heterocycles. The molecule has 0 aliphatic heterocycles. The minimum absolute atomic E-state index is 0.273. The van der Waals surface area contributed by atoms with Gasteiger partial charge in [-0.1, -0.05) is 46.4 Å². The molecule has 94 valence electrons. The van der Waals surface area contributed by atoms with E-state index < -0.39 is 0 Å². The Balaban J connectivity index is 2.62. The molecule has 0 amide bonds. The highest BCUT2D eigenvalue weighted by atomic mass is 35.5. The van der Waals surface area contributed by atoms with Gasteiger partial charge in [0.2, 0.25) is 5.88 Å². The third kappa shape index (κ3) is 2.67. The van der Waals surface area contributed by atoms with Gasteiger partial charge in [0, 0.05) is 22.2 Å². The number of rotatable bonds is 2. The molecule has 2 rings (SSSR count). The highest BCUT2D eigenvalue weighted by molar-refractivity contribution is 6.45. The van der Waals surface area contributed by atoms with E-state index in [9.17, 15) is 0 Å². The first-order valence-electron chi connectivity index (χ1n) is 4.88. The summed E-state index contributed by atoms with van der Waals surface area (Å²) in [5, 5.41) is 1.50. The molecule has 0 spiro atoms. The standard InChI is InChI=1S/C12H7Cl4NO/c1-18-10-3-2-7(12(16)17-10)8-4-6(13)5-9(14)11(8)15/h2-5H,1H3. The molecule has 0 saturated heterocycles. The van der Waals surface area contributed by atoms with Crippen molar-refractivity contribution in [2.45, 2.75) is 0 Å². The molecular formula is C12H7Cl4NO. The third-order valence-corrected chi connectivity index (χ3v) is 3.62. The average molecular weight is 323 g/mol. The molecule has 0 aliphatic rings. The summed E-state index contributed by atoms with van der Waals surface area (Å²) in [7, 11) is 1.52. The van der Waals surface area contributed by atoms with Crippen LogP contribution in [0.3, 0.4) is 0 Å². The minimum atomic E-state index is 0.273. The number of hydrogen-bond acceptors (Lipinski definition) is 2. The lowest BCUT2D eigenvalue weighted by Crippen LogP contribution is -1.90. The molecule has 1 aromatic heterocycles. The lowest BCUT2D eigenvalue weighted by Gasteiger charge is -2.09. The van der Waals surface area contributed by atoms with Gasteiger partial charge in [0.15, 0.2) is 0 Å². The van der Waals surface area contributed by atoms with Crippen LogP contribution in [0.4, 0.5) is 0 Å². The smallest absolute Gasteiger partial charge is 0.214 e. The molecule has 0 unspecified atom stereocenters. The van der Waals surface area contributed by atoms with Crippen molar-refractivity contribution in [2.24, 2.45) is 0 Å². The van der Waals surface area contributed by atoms with Crippen molar-refractivity contribution in [2.75, 3.05) is 7.11 Å². The number of halogens is 4. The van der Waals surface area contributed by atoms with E-state index in [1.54, 1.807) is 24.3 Å². The Morgan fingerprint density at radius 2 is 1.72 bits per heavy atom. The second-order valence-electron chi connectivity index (χ2n) is 3.44. The lowest BCUT2D eigenvalue weighted by atomic mass is 10.1. The van der Waals surface area contributed by atoms with Crippen LogP contribution in [-0.2, 0) is 0 Å². The Morgan fingerprint density at radius 1 is 1.00 bits per heavy atom. The van der Waals surface area contributed by atoms with Crippen LogP contribution < -0.4 is 4.74 Å². The fraction of sp³-hybridized carbons (Fsp3) is 0.0833. The topological polar surface area (TPSA) is 22.1 Å². The maximum Gasteiger partial charge on any atom is 0.214 e. The van der Waals surface area contributed by atoms with E-state index in [2.05, 4.69) is 4.98 Å². The molecule has 0 saturated carbocycles. The van der Waals surface area contributed by atoms with Crippen molar-refractivity contribution < 1.29 is 4.74 Å². The number of aromatic nitrogens is 1. The van der Waals surface area contributed by atoms with E-state index in [0.717, 1.165) is 0 Å². The van der Waals surface area contributed by atoms with Crippen LogP contribution in [0.25, 0.3) is 11.1 Å². The number of methoxy groups -OCH3 is 1. The molecule has 2 nitrogen and oxygen atoms in total. The Morgan fingerprint density at radius 3 is 2.33 bits per heavy atom. The zero-order valence-electron chi connectivity index (χ0n) is 9.18. The zero-order chi connectivity index (χ0) is 13.3. The van der Waals surface area contributed by atoms with Gasteiger partial charge in [0.05, 0.1) is 17.2 Å². The van der Waals surface area contributed by atoms with Crippen molar-refractivity contribution in [3.63, 3.8) is 0 Å². The van der Waals surface area contributed by atoms with E-state index in [1.807, 2.05) is 0 Å². The zero-order valence-corrected chi connectivity index (χ0v) is 12.2. The maximum absolute atomic E-state index is 6.14. The van der Waals surface area contributed by atoms with Gasteiger partial charge in [-0.2, -0.15) is 0 Å². The summed E-state index contributed by atoms with van der Waals surface area (Å²) in [6.07, 6.45) is 0. The fourth-order valence-corrected chi connectivity index (χ4v) is 2.44. The SMILES string of the molecule is COc1ccc(-c2cc(Cl)cc(Cl)c2Cl)c(Cl)n1. The molecule has 0 atom stereocenters. The number of hydrogen-bond donors (Lipinski definition) is 0. The molecule has 18 heavy (non-hydrogen) atoms. The number of ether oxygens (including phenoxy) is 1. The Bertz CT molecular complexity index is 601. The monoisotopic (exact) mass is 321 g/mol. The van der Waals surface area contributed by atoms with E-state index in [4.69, 9.17) is 51.1 Å². The number of benzene rings is 1. The first-order valence-corrected chi connectivity index (χ1v) is 6.39. The van der Waals surface area contributed by atoms with Crippen molar-refractivity contribution in [1.82, 2.24) is 4.98 Å². The predicted molar refractivity (Wildman–Crippen MR) is 76.3 cm³/mol. The quantitative estimate of drug-likeness (QED) is 0.547. The Kier molecular flexibility index (Phi) is 4.23. The lowest BCUT2D eigenvalue weighted by molar-refractivity contribution is 0.398. The summed E-state index contributed by atoms with van der Waals surface area (Å²) < 4.78 is 4.98. The van der Waals surface area contributed by atoms with Crippen LogP contribution in [0, 0.1) is 0 Å².